The van der Waals surface area contributed by atoms with E-state index < -0.39 is 6.17 Å². The third-order valence-corrected chi connectivity index (χ3v) is 5.64. The molecule has 2 atom stereocenters. The van der Waals surface area contributed by atoms with Crippen molar-refractivity contribution < 1.29 is 13.9 Å². The SMILES string of the molecule is O=C1C2NN=C(SCC3CCCOC3)N2C=CN1c1ccc(F)cc1. The minimum atomic E-state index is -0.555. The molecule has 3 heterocycles. The number of nitrogens with one attached hydrogen (secondary N) is 1. The molecule has 0 aliphatic carbocycles. The van der Waals surface area contributed by atoms with Gasteiger partial charge in [-0.15, -0.1) is 0 Å². The highest BCUT2D eigenvalue weighted by Gasteiger charge is 2.38. The van der Waals surface area contributed by atoms with Crippen molar-refractivity contribution in [1.29, 1.82) is 0 Å². The Balaban J connectivity index is 1.42. The number of hydrogen-bond acceptors (Lipinski definition) is 6. The first kappa shape index (κ1) is 16.4. The molecule has 0 saturated carbocycles. The average Bonchev–Trinajstić information content (AvgIpc) is 3.06. The summed E-state index contributed by atoms with van der Waals surface area (Å²) >= 11 is 1.64. The van der Waals surface area contributed by atoms with E-state index in [0.29, 0.717) is 11.6 Å². The lowest BCUT2D eigenvalue weighted by Gasteiger charge is -2.32. The van der Waals surface area contributed by atoms with E-state index in [1.54, 1.807) is 30.1 Å². The molecule has 1 aromatic rings. The number of nitrogens with zero attached hydrogens (tertiary/aromatic N) is 3. The van der Waals surface area contributed by atoms with Gasteiger partial charge in [0.05, 0.1) is 6.61 Å². The zero-order valence-corrected chi connectivity index (χ0v) is 14.4. The first-order chi connectivity index (χ1) is 12.2. The van der Waals surface area contributed by atoms with Crippen LogP contribution >= 0.6 is 11.8 Å². The normalized spacial score (nSPS) is 25.6. The van der Waals surface area contributed by atoms with Crippen LogP contribution < -0.4 is 10.3 Å². The molecule has 1 N–H and O–H groups in total. The second-order valence-corrected chi connectivity index (χ2v) is 7.20. The van der Waals surface area contributed by atoms with Crippen molar-refractivity contribution in [1.82, 2.24) is 10.3 Å². The summed E-state index contributed by atoms with van der Waals surface area (Å²) in [6.07, 6.45) is 5.25. The highest BCUT2D eigenvalue weighted by atomic mass is 32.2. The molecule has 1 amide bonds. The van der Waals surface area contributed by atoms with E-state index in [9.17, 15) is 9.18 Å². The molecule has 4 rings (SSSR count). The van der Waals surface area contributed by atoms with Crippen LogP contribution in [0.3, 0.4) is 0 Å². The molecular weight excluding hydrogens is 343 g/mol. The summed E-state index contributed by atoms with van der Waals surface area (Å²) in [5.74, 6) is 0.981. The molecule has 3 aliphatic rings. The predicted octanol–water partition coefficient (Wildman–Crippen LogP) is 2.31. The number of ether oxygens (including phenoxy) is 1. The van der Waals surface area contributed by atoms with E-state index >= 15 is 0 Å². The van der Waals surface area contributed by atoms with Crippen molar-refractivity contribution in [2.75, 3.05) is 23.9 Å². The zero-order chi connectivity index (χ0) is 17.2. The van der Waals surface area contributed by atoms with Crippen molar-refractivity contribution >= 4 is 28.5 Å². The van der Waals surface area contributed by atoms with Crippen molar-refractivity contribution in [2.24, 2.45) is 11.0 Å². The molecule has 25 heavy (non-hydrogen) atoms. The Kier molecular flexibility index (Phi) is 4.63. The second-order valence-electron chi connectivity index (χ2n) is 6.21. The molecule has 8 heteroatoms. The number of hydrogen-bond donors (Lipinski definition) is 1. The standard InChI is InChI=1S/C17H19FN4O2S/c18-13-3-5-14(6-4-13)21-7-8-22-15(16(21)23)19-20-17(22)25-11-12-2-1-9-24-10-12/h3-8,12,15,19H,1-2,9-11H2. The highest BCUT2D eigenvalue weighted by Crippen LogP contribution is 2.27. The number of carbonyl (C=O) groups excluding carboxylic acids is 1. The number of amides is 1. The van der Waals surface area contributed by atoms with E-state index in [1.807, 2.05) is 11.1 Å². The molecule has 3 aliphatic heterocycles. The maximum atomic E-state index is 13.1. The molecule has 2 unspecified atom stereocenters. The number of halogens is 1. The van der Waals surface area contributed by atoms with Gasteiger partial charge in [-0.1, -0.05) is 11.8 Å². The minimum absolute atomic E-state index is 0.144. The molecule has 1 saturated heterocycles. The Hall–Kier alpha value is -2.06. The van der Waals surface area contributed by atoms with Gasteiger partial charge in [0.15, 0.2) is 5.17 Å². The van der Waals surface area contributed by atoms with Crippen LogP contribution in [0, 0.1) is 11.7 Å². The summed E-state index contributed by atoms with van der Waals surface area (Å²) < 4.78 is 18.6. The molecule has 6 nitrogen and oxygen atoms in total. The fourth-order valence-corrected chi connectivity index (χ4v) is 4.15. The Bertz CT molecular complexity index is 703. The zero-order valence-electron chi connectivity index (χ0n) is 13.6. The summed E-state index contributed by atoms with van der Waals surface area (Å²) in [7, 11) is 0. The van der Waals surface area contributed by atoms with E-state index in [2.05, 4.69) is 10.5 Å². The van der Waals surface area contributed by atoms with Crippen LogP contribution in [0.2, 0.25) is 0 Å². The van der Waals surface area contributed by atoms with Crippen molar-refractivity contribution in [3.63, 3.8) is 0 Å². The number of thioether (sulfide) groups is 1. The van der Waals surface area contributed by atoms with Gasteiger partial charge in [-0.25, -0.2) is 4.39 Å². The lowest BCUT2D eigenvalue weighted by atomic mass is 10.1. The number of carbonyl (C=O) groups is 1. The molecule has 0 aromatic heterocycles. The van der Waals surface area contributed by atoms with Gasteiger partial charge >= 0.3 is 0 Å². The van der Waals surface area contributed by atoms with Crippen LogP contribution in [0.25, 0.3) is 0 Å². The van der Waals surface area contributed by atoms with Crippen LogP contribution in [0.4, 0.5) is 10.1 Å². The van der Waals surface area contributed by atoms with Gasteiger partial charge in [-0.05, 0) is 43.0 Å². The van der Waals surface area contributed by atoms with Gasteiger partial charge in [-0.2, -0.15) is 5.10 Å². The fourth-order valence-electron chi connectivity index (χ4n) is 3.07. The predicted molar refractivity (Wildman–Crippen MR) is 95.2 cm³/mol. The van der Waals surface area contributed by atoms with E-state index in [1.165, 1.54) is 23.5 Å². The van der Waals surface area contributed by atoms with Crippen LogP contribution in [-0.4, -0.2) is 41.1 Å². The summed E-state index contributed by atoms with van der Waals surface area (Å²) in [5.41, 5.74) is 3.53. The first-order valence-electron chi connectivity index (χ1n) is 8.31. The smallest absolute Gasteiger partial charge is 0.276 e. The summed E-state index contributed by atoms with van der Waals surface area (Å²) in [5, 5.41) is 5.10. The van der Waals surface area contributed by atoms with Crippen LogP contribution in [-0.2, 0) is 9.53 Å². The van der Waals surface area contributed by atoms with Gasteiger partial charge in [0, 0.05) is 30.4 Å². The third kappa shape index (κ3) is 3.36. The molecular formula is C17H19FN4O2S. The van der Waals surface area contributed by atoms with Gasteiger partial charge in [0.25, 0.3) is 5.91 Å². The van der Waals surface area contributed by atoms with Crippen molar-refractivity contribution in [2.45, 2.75) is 19.0 Å². The third-order valence-electron chi connectivity index (χ3n) is 4.44. The maximum Gasteiger partial charge on any atom is 0.276 e. The van der Waals surface area contributed by atoms with Gasteiger partial charge in [0.1, 0.15) is 5.82 Å². The monoisotopic (exact) mass is 362 g/mol. The molecule has 0 radical (unpaired) electrons. The molecule has 1 aromatic carbocycles. The topological polar surface area (TPSA) is 57.2 Å². The molecule has 132 valence electrons. The van der Waals surface area contributed by atoms with E-state index in [4.69, 9.17) is 4.74 Å². The van der Waals surface area contributed by atoms with Crippen LogP contribution in [0.15, 0.2) is 41.8 Å². The second kappa shape index (κ2) is 7.05. The Morgan fingerprint density at radius 2 is 2.16 bits per heavy atom. The number of amidine groups is 1. The first-order valence-corrected chi connectivity index (χ1v) is 9.30. The number of fused-ring (bicyclic) bond motifs is 1. The Labute approximate surface area is 149 Å². The minimum Gasteiger partial charge on any atom is -0.381 e. The number of hydrazone groups is 1. The van der Waals surface area contributed by atoms with E-state index in [-0.39, 0.29) is 11.7 Å². The number of benzene rings is 1. The summed E-state index contributed by atoms with van der Waals surface area (Å²) in [6, 6.07) is 5.85. The Morgan fingerprint density at radius 3 is 2.92 bits per heavy atom. The fraction of sp³-hybridized carbons (Fsp3) is 0.412. The van der Waals surface area contributed by atoms with Crippen molar-refractivity contribution in [3.05, 3.63) is 42.5 Å². The lowest BCUT2D eigenvalue weighted by molar-refractivity contribution is -0.122. The molecule has 1 fully saturated rings. The largest absolute Gasteiger partial charge is 0.381 e. The number of rotatable bonds is 3. The Morgan fingerprint density at radius 1 is 1.32 bits per heavy atom. The lowest BCUT2D eigenvalue weighted by Crippen LogP contribution is -2.52. The van der Waals surface area contributed by atoms with Crippen LogP contribution in [0.1, 0.15) is 12.8 Å². The quantitative estimate of drug-likeness (QED) is 0.894. The summed E-state index contributed by atoms with van der Waals surface area (Å²) in [6.45, 7) is 1.65. The molecule has 0 bridgehead atoms. The highest BCUT2D eigenvalue weighted by molar-refractivity contribution is 8.13. The average molecular weight is 362 g/mol. The maximum absolute atomic E-state index is 13.1. The molecule has 0 spiro atoms. The summed E-state index contributed by atoms with van der Waals surface area (Å²) in [4.78, 5) is 16.1. The van der Waals surface area contributed by atoms with Gasteiger partial charge in [-0.3, -0.25) is 20.0 Å². The van der Waals surface area contributed by atoms with Gasteiger partial charge < -0.3 is 4.74 Å². The van der Waals surface area contributed by atoms with Gasteiger partial charge in [0.2, 0.25) is 6.17 Å². The number of anilines is 1. The van der Waals surface area contributed by atoms with E-state index in [0.717, 1.165) is 30.6 Å². The van der Waals surface area contributed by atoms with Crippen LogP contribution in [0.5, 0.6) is 0 Å². The van der Waals surface area contributed by atoms with Crippen molar-refractivity contribution in [3.8, 4) is 0 Å².